The standard InChI is InChI=1S/C11H17F2N2O13P3/c1-6-14-7(16)3-4-15(6)9-10(2,17)8(12)11(13,26-9)5-25-30(21,22)28-31(23,24)27-29(18,19)20/h3-4,8-9,17H,1,5H2,2H3,(H,14,16)(H,21,22)(H,23,24)(H2,18,19,20)/t8-,9+,10+,11+/m0/s1. The van der Waals surface area contributed by atoms with Crippen molar-refractivity contribution < 1.29 is 69.8 Å². The van der Waals surface area contributed by atoms with Crippen molar-refractivity contribution in [3.63, 3.8) is 0 Å². The van der Waals surface area contributed by atoms with E-state index >= 15 is 4.39 Å². The average molecular weight is 516 g/mol. The van der Waals surface area contributed by atoms with Gasteiger partial charge in [0.2, 0.25) is 0 Å². The molecule has 178 valence electrons. The summed E-state index contributed by atoms with van der Waals surface area (Å²) in [6, 6.07) is 0. The molecule has 1 saturated heterocycles. The second-order valence-electron chi connectivity index (χ2n) is 6.37. The third-order valence-corrected chi connectivity index (χ3v) is 7.54. The number of amides is 1. The summed E-state index contributed by atoms with van der Waals surface area (Å²) in [5, 5.41) is 12.5. The van der Waals surface area contributed by atoms with Gasteiger partial charge in [-0.1, -0.05) is 6.58 Å². The Bertz CT molecular complexity index is 938. The molecule has 15 nitrogen and oxygen atoms in total. The molecule has 0 spiro atoms. The number of hydrogen-bond acceptors (Lipinski definition) is 10. The molecule has 2 heterocycles. The number of aliphatic hydroxyl groups is 1. The van der Waals surface area contributed by atoms with Crippen molar-refractivity contribution >= 4 is 29.4 Å². The third kappa shape index (κ3) is 6.26. The Kier molecular flexibility index (Phi) is 7.08. The first-order valence-corrected chi connectivity index (χ1v) is 12.3. The molecular formula is C11H17F2N2O13P3. The van der Waals surface area contributed by atoms with Crippen molar-refractivity contribution in [3.05, 3.63) is 24.7 Å². The Morgan fingerprint density at radius 2 is 1.84 bits per heavy atom. The van der Waals surface area contributed by atoms with Crippen molar-refractivity contribution in [3.8, 4) is 0 Å². The lowest BCUT2D eigenvalue weighted by Gasteiger charge is -2.36. The second-order valence-corrected chi connectivity index (χ2v) is 10.8. The zero-order valence-electron chi connectivity index (χ0n) is 15.3. The van der Waals surface area contributed by atoms with Crippen LogP contribution in [0.2, 0.25) is 0 Å². The van der Waals surface area contributed by atoms with Gasteiger partial charge in [0, 0.05) is 12.3 Å². The van der Waals surface area contributed by atoms with Crippen molar-refractivity contribution in [1.82, 2.24) is 10.2 Å². The summed E-state index contributed by atoms with van der Waals surface area (Å²) in [5.74, 6) is -4.51. The first kappa shape index (κ1) is 26.2. The molecule has 6 N–H and O–H groups in total. The lowest BCUT2D eigenvalue weighted by Crippen LogP contribution is -2.53. The molecule has 0 aromatic carbocycles. The van der Waals surface area contributed by atoms with Gasteiger partial charge in [-0.2, -0.15) is 8.62 Å². The molecule has 1 amide bonds. The molecule has 0 saturated carbocycles. The molecule has 31 heavy (non-hydrogen) atoms. The maximum Gasteiger partial charge on any atom is 0.490 e. The summed E-state index contributed by atoms with van der Waals surface area (Å²) in [6.07, 6.45) is -2.91. The Hall–Kier alpha value is -1.06. The summed E-state index contributed by atoms with van der Waals surface area (Å²) in [7, 11) is -17.3. The minimum atomic E-state index is -5.88. The molecule has 2 aliphatic heterocycles. The van der Waals surface area contributed by atoms with Crippen LogP contribution in [0, 0.1) is 0 Å². The van der Waals surface area contributed by atoms with E-state index < -0.39 is 59.8 Å². The number of carbonyl (C=O) groups is 1. The SMILES string of the molecule is C=C1NC(=O)C=CN1[C@@H]1O[C@](F)(COP(=O)(O)OP(=O)(O)OP(=O)(O)O)[C@@H](F)[C@@]1(C)O. The van der Waals surface area contributed by atoms with E-state index in [2.05, 4.69) is 25.0 Å². The highest BCUT2D eigenvalue weighted by atomic mass is 31.3. The number of rotatable bonds is 8. The molecule has 2 aliphatic rings. The quantitative estimate of drug-likeness (QED) is 0.231. The van der Waals surface area contributed by atoms with Gasteiger partial charge in [-0.3, -0.25) is 9.32 Å². The first-order chi connectivity index (χ1) is 13.8. The number of phosphoric acid groups is 3. The van der Waals surface area contributed by atoms with Gasteiger partial charge in [0.1, 0.15) is 18.0 Å². The van der Waals surface area contributed by atoms with E-state index in [0.29, 0.717) is 0 Å². The van der Waals surface area contributed by atoms with Gasteiger partial charge in [-0.15, -0.1) is 0 Å². The topological polar surface area (TPSA) is 222 Å². The molecule has 6 atom stereocenters. The van der Waals surface area contributed by atoms with Gasteiger partial charge in [0.05, 0.1) is 0 Å². The number of alkyl halides is 2. The van der Waals surface area contributed by atoms with E-state index in [9.17, 15) is 32.9 Å². The van der Waals surface area contributed by atoms with Crippen molar-refractivity contribution in [2.24, 2.45) is 0 Å². The average Bonchev–Trinajstić information content (AvgIpc) is 2.71. The van der Waals surface area contributed by atoms with Gasteiger partial charge in [0.15, 0.2) is 12.4 Å². The second kappa shape index (κ2) is 8.37. The monoisotopic (exact) mass is 516 g/mol. The van der Waals surface area contributed by atoms with Crippen LogP contribution in [0.3, 0.4) is 0 Å². The fourth-order valence-corrected chi connectivity index (χ4v) is 5.58. The molecule has 0 aromatic rings. The zero-order valence-corrected chi connectivity index (χ0v) is 18.0. The van der Waals surface area contributed by atoms with Crippen LogP contribution in [0.25, 0.3) is 0 Å². The molecule has 2 rings (SSSR count). The minimum absolute atomic E-state index is 0.234. The molecule has 0 aliphatic carbocycles. The van der Waals surface area contributed by atoms with Crippen LogP contribution in [0.4, 0.5) is 8.78 Å². The normalized spacial score (nSPS) is 35.5. The van der Waals surface area contributed by atoms with E-state index in [0.717, 1.165) is 24.1 Å². The van der Waals surface area contributed by atoms with Crippen LogP contribution >= 0.6 is 23.5 Å². The Morgan fingerprint density at radius 3 is 2.35 bits per heavy atom. The first-order valence-electron chi connectivity index (χ1n) is 7.76. The van der Waals surface area contributed by atoms with Gasteiger partial charge in [-0.05, 0) is 6.92 Å². The van der Waals surface area contributed by atoms with Crippen LogP contribution < -0.4 is 5.32 Å². The van der Waals surface area contributed by atoms with Crippen LogP contribution in [0.1, 0.15) is 6.92 Å². The number of halogens is 2. The maximum atomic E-state index is 15.0. The van der Waals surface area contributed by atoms with E-state index in [4.69, 9.17) is 19.4 Å². The van der Waals surface area contributed by atoms with E-state index in [1.165, 1.54) is 0 Å². The zero-order chi connectivity index (χ0) is 24.0. The molecule has 2 unspecified atom stereocenters. The third-order valence-electron chi connectivity index (χ3n) is 3.76. The fourth-order valence-electron chi connectivity index (χ4n) is 2.55. The highest BCUT2D eigenvalue weighted by molar-refractivity contribution is 7.66. The number of nitrogens with one attached hydrogen (secondary N) is 1. The largest absolute Gasteiger partial charge is 0.490 e. The molecule has 20 heteroatoms. The molecule has 0 aromatic heterocycles. The summed E-state index contributed by atoms with van der Waals surface area (Å²) < 4.78 is 78.9. The predicted octanol–water partition coefficient (Wildman–Crippen LogP) is -0.142. The summed E-state index contributed by atoms with van der Waals surface area (Å²) in [6.45, 7) is 2.41. The van der Waals surface area contributed by atoms with Gasteiger partial charge in [-0.25, -0.2) is 22.5 Å². The molecule has 0 bridgehead atoms. The van der Waals surface area contributed by atoms with Crippen molar-refractivity contribution in [2.45, 2.75) is 30.8 Å². The number of nitrogens with zero attached hydrogens (tertiary/aromatic N) is 1. The Labute approximate surface area is 172 Å². The Balaban J connectivity index is 2.16. The van der Waals surface area contributed by atoms with Crippen LogP contribution in [-0.4, -0.2) is 65.9 Å². The van der Waals surface area contributed by atoms with Crippen molar-refractivity contribution in [2.75, 3.05) is 6.61 Å². The van der Waals surface area contributed by atoms with Crippen LogP contribution in [0.15, 0.2) is 24.7 Å². The number of ether oxygens (including phenoxy) is 1. The smallest absolute Gasteiger partial charge is 0.382 e. The van der Waals surface area contributed by atoms with Crippen LogP contribution in [0.5, 0.6) is 0 Å². The highest BCUT2D eigenvalue weighted by Gasteiger charge is 2.66. The minimum Gasteiger partial charge on any atom is -0.382 e. The van der Waals surface area contributed by atoms with Crippen LogP contribution in [-0.2, 0) is 36.4 Å². The summed E-state index contributed by atoms with van der Waals surface area (Å²) in [5.41, 5.74) is -2.65. The lowest BCUT2D eigenvalue weighted by molar-refractivity contribution is -0.199. The van der Waals surface area contributed by atoms with Gasteiger partial charge in [0.25, 0.3) is 11.8 Å². The molecular weight excluding hydrogens is 499 g/mol. The fraction of sp³-hybridized carbons (Fsp3) is 0.545. The van der Waals surface area contributed by atoms with Gasteiger partial charge < -0.3 is 39.6 Å². The van der Waals surface area contributed by atoms with E-state index in [1.807, 2.05) is 0 Å². The summed E-state index contributed by atoms with van der Waals surface area (Å²) in [4.78, 5) is 47.4. The molecule has 0 radical (unpaired) electrons. The number of phosphoric ester groups is 1. The Morgan fingerprint density at radius 1 is 1.26 bits per heavy atom. The summed E-state index contributed by atoms with van der Waals surface area (Å²) >= 11 is 0. The highest BCUT2D eigenvalue weighted by Crippen LogP contribution is 2.66. The number of hydrogen-bond donors (Lipinski definition) is 6. The predicted molar refractivity (Wildman–Crippen MR) is 92.3 cm³/mol. The van der Waals surface area contributed by atoms with Crippen molar-refractivity contribution in [1.29, 1.82) is 0 Å². The van der Waals surface area contributed by atoms with Gasteiger partial charge >= 0.3 is 23.5 Å². The maximum absolute atomic E-state index is 15.0. The van der Waals surface area contributed by atoms with E-state index in [-0.39, 0.29) is 5.82 Å². The lowest BCUT2D eigenvalue weighted by atomic mass is 9.96. The number of carbonyl (C=O) groups excluding carboxylic acids is 1. The van der Waals surface area contributed by atoms with E-state index in [1.54, 1.807) is 0 Å². The molecule has 1 fully saturated rings.